The molecule has 4 nitrogen and oxygen atoms in total. The Morgan fingerprint density at radius 2 is 2.00 bits per heavy atom. The molecule has 19 heavy (non-hydrogen) atoms. The lowest BCUT2D eigenvalue weighted by atomic mass is 10.0. The van der Waals surface area contributed by atoms with E-state index in [9.17, 15) is 4.79 Å². The van der Waals surface area contributed by atoms with Crippen molar-refractivity contribution >= 4 is 0 Å². The first kappa shape index (κ1) is 13.5. The minimum absolute atomic E-state index is 0.124. The molecule has 2 rings (SSSR count). The van der Waals surface area contributed by atoms with Crippen LogP contribution >= 0.6 is 0 Å². The van der Waals surface area contributed by atoms with Gasteiger partial charge < -0.3 is 5.73 Å². The average molecular weight is 257 g/mol. The van der Waals surface area contributed by atoms with Crippen molar-refractivity contribution in [2.45, 2.75) is 32.4 Å². The standard InChI is InChI=1S/C15H19N3O/c1-2-4-12-6-8-13(9-7-12)14(16)11-18-15(19)5-3-10-17-18/h3,5-10,14H,2,4,11,16H2,1H3. The molecular weight excluding hydrogens is 238 g/mol. The van der Waals surface area contributed by atoms with Crippen molar-refractivity contribution in [3.8, 4) is 0 Å². The predicted molar refractivity (Wildman–Crippen MR) is 75.9 cm³/mol. The average Bonchev–Trinajstić information content (AvgIpc) is 2.42. The van der Waals surface area contributed by atoms with Crippen LogP contribution in [0.25, 0.3) is 0 Å². The van der Waals surface area contributed by atoms with Crippen molar-refractivity contribution in [3.05, 3.63) is 64.1 Å². The zero-order valence-electron chi connectivity index (χ0n) is 11.1. The van der Waals surface area contributed by atoms with Gasteiger partial charge in [0, 0.05) is 18.3 Å². The van der Waals surface area contributed by atoms with Gasteiger partial charge in [-0.1, -0.05) is 37.6 Å². The second-order valence-corrected chi connectivity index (χ2v) is 4.64. The second kappa shape index (κ2) is 6.29. The molecule has 0 bridgehead atoms. The molecule has 0 spiro atoms. The molecule has 0 radical (unpaired) electrons. The highest BCUT2D eigenvalue weighted by Gasteiger charge is 2.08. The molecule has 0 saturated heterocycles. The molecule has 0 saturated carbocycles. The molecule has 1 unspecified atom stereocenters. The van der Waals surface area contributed by atoms with E-state index >= 15 is 0 Å². The zero-order valence-corrected chi connectivity index (χ0v) is 11.1. The lowest BCUT2D eigenvalue weighted by Gasteiger charge is -2.13. The summed E-state index contributed by atoms with van der Waals surface area (Å²) >= 11 is 0. The molecular formula is C15H19N3O. The van der Waals surface area contributed by atoms with Crippen LogP contribution in [-0.2, 0) is 13.0 Å². The Balaban J connectivity index is 2.09. The highest BCUT2D eigenvalue weighted by Crippen LogP contribution is 2.13. The number of hydrogen-bond acceptors (Lipinski definition) is 3. The van der Waals surface area contributed by atoms with Crippen LogP contribution in [0, 0.1) is 0 Å². The summed E-state index contributed by atoms with van der Waals surface area (Å²) in [6.45, 7) is 2.56. The van der Waals surface area contributed by atoms with E-state index < -0.39 is 0 Å². The first-order valence-electron chi connectivity index (χ1n) is 6.57. The molecule has 1 atom stereocenters. The SMILES string of the molecule is CCCc1ccc(C(N)Cn2ncccc2=O)cc1. The topological polar surface area (TPSA) is 60.9 Å². The molecule has 0 fully saturated rings. The monoisotopic (exact) mass is 257 g/mol. The highest BCUT2D eigenvalue weighted by molar-refractivity contribution is 5.24. The Kier molecular flexibility index (Phi) is 4.47. The van der Waals surface area contributed by atoms with Crippen LogP contribution < -0.4 is 11.3 Å². The highest BCUT2D eigenvalue weighted by atomic mass is 16.1. The zero-order chi connectivity index (χ0) is 13.7. The quantitative estimate of drug-likeness (QED) is 0.889. The van der Waals surface area contributed by atoms with Crippen molar-refractivity contribution in [3.63, 3.8) is 0 Å². The number of rotatable bonds is 5. The van der Waals surface area contributed by atoms with Crippen LogP contribution in [0.15, 0.2) is 47.4 Å². The van der Waals surface area contributed by atoms with E-state index in [4.69, 9.17) is 5.73 Å². The maximum absolute atomic E-state index is 11.6. The van der Waals surface area contributed by atoms with Gasteiger partial charge in [-0.25, -0.2) is 4.68 Å². The number of aromatic nitrogens is 2. The number of nitrogens with two attached hydrogens (primary N) is 1. The van der Waals surface area contributed by atoms with Gasteiger partial charge in [0.1, 0.15) is 0 Å². The summed E-state index contributed by atoms with van der Waals surface area (Å²) in [5.74, 6) is 0. The lowest BCUT2D eigenvalue weighted by molar-refractivity contribution is 0.503. The summed E-state index contributed by atoms with van der Waals surface area (Å²) in [6, 6.07) is 11.2. The van der Waals surface area contributed by atoms with Gasteiger partial charge in [0.15, 0.2) is 0 Å². The van der Waals surface area contributed by atoms with Crippen LogP contribution in [0.5, 0.6) is 0 Å². The third-order valence-electron chi connectivity index (χ3n) is 3.10. The van der Waals surface area contributed by atoms with E-state index in [0.29, 0.717) is 6.54 Å². The van der Waals surface area contributed by atoms with Gasteiger partial charge in [-0.2, -0.15) is 5.10 Å². The van der Waals surface area contributed by atoms with E-state index in [2.05, 4.69) is 24.2 Å². The summed E-state index contributed by atoms with van der Waals surface area (Å²) in [5.41, 5.74) is 8.33. The molecule has 1 heterocycles. The van der Waals surface area contributed by atoms with Gasteiger partial charge in [0.2, 0.25) is 0 Å². The van der Waals surface area contributed by atoms with E-state index in [1.54, 1.807) is 12.3 Å². The first-order chi connectivity index (χ1) is 9.20. The van der Waals surface area contributed by atoms with Gasteiger partial charge in [0.25, 0.3) is 5.56 Å². The van der Waals surface area contributed by atoms with Crippen molar-refractivity contribution in [1.82, 2.24) is 9.78 Å². The normalized spacial score (nSPS) is 12.3. The van der Waals surface area contributed by atoms with Crippen LogP contribution in [0.4, 0.5) is 0 Å². The summed E-state index contributed by atoms with van der Waals surface area (Å²) in [4.78, 5) is 11.6. The molecule has 2 N–H and O–H groups in total. The molecule has 4 heteroatoms. The fourth-order valence-corrected chi connectivity index (χ4v) is 2.04. The summed E-state index contributed by atoms with van der Waals surface area (Å²) in [5, 5.41) is 4.01. The summed E-state index contributed by atoms with van der Waals surface area (Å²) < 4.78 is 1.39. The van der Waals surface area contributed by atoms with Crippen molar-refractivity contribution in [2.24, 2.45) is 5.73 Å². The molecule has 1 aromatic carbocycles. The Labute approximate surface area is 112 Å². The van der Waals surface area contributed by atoms with E-state index in [0.717, 1.165) is 18.4 Å². The van der Waals surface area contributed by atoms with Gasteiger partial charge in [-0.05, 0) is 23.6 Å². The van der Waals surface area contributed by atoms with Crippen LogP contribution in [0.2, 0.25) is 0 Å². The predicted octanol–water partition coefficient (Wildman–Crippen LogP) is 1.90. The maximum Gasteiger partial charge on any atom is 0.266 e. The lowest BCUT2D eigenvalue weighted by Crippen LogP contribution is -2.27. The molecule has 100 valence electrons. The van der Waals surface area contributed by atoms with E-state index in [1.807, 2.05) is 12.1 Å². The van der Waals surface area contributed by atoms with E-state index in [-0.39, 0.29) is 11.6 Å². The third-order valence-corrected chi connectivity index (χ3v) is 3.10. The van der Waals surface area contributed by atoms with Crippen LogP contribution in [0.1, 0.15) is 30.5 Å². The Hall–Kier alpha value is -1.94. The number of hydrogen-bond donors (Lipinski definition) is 1. The summed E-state index contributed by atoms with van der Waals surface area (Å²) in [6.07, 6.45) is 3.81. The Bertz CT molecular complexity index is 574. The van der Waals surface area contributed by atoms with Gasteiger partial charge >= 0.3 is 0 Å². The fourth-order valence-electron chi connectivity index (χ4n) is 2.04. The minimum atomic E-state index is -0.219. The Morgan fingerprint density at radius 1 is 1.26 bits per heavy atom. The molecule has 0 aliphatic heterocycles. The maximum atomic E-state index is 11.6. The van der Waals surface area contributed by atoms with Crippen molar-refractivity contribution < 1.29 is 0 Å². The van der Waals surface area contributed by atoms with Gasteiger partial charge in [-0.15, -0.1) is 0 Å². The Morgan fingerprint density at radius 3 is 2.63 bits per heavy atom. The second-order valence-electron chi connectivity index (χ2n) is 4.64. The summed E-state index contributed by atoms with van der Waals surface area (Å²) in [7, 11) is 0. The smallest absolute Gasteiger partial charge is 0.266 e. The fraction of sp³-hybridized carbons (Fsp3) is 0.333. The van der Waals surface area contributed by atoms with Crippen molar-refractivity contribution in [1.29, 1.82) is 0 Å². The van der Waals surface area contributed by atoms with Crippen LogP contribution in [0.3, 0.4) is 0 Å². The van der Waals surface area contributed by atoms with Gasteiger partial charge in [0.05, 0.1) is 6.54 Å². The largest absolute Gasteiger partial charge is 0.322 e. The minimum Gasteiger partial charge on any atom is -0.322 e. The van der Waals surface area contributed by atoms with Crippen molar-refractivity contribution in [2.75, 3.05) is 0 Å². The number of benzene rings is 1. The molecule has 1 aromatic heterocycles. The first-order valence-corrected chi connectivity index (χ1v) is 6.57. The number of aryl methyl sites for hydroxylation is 1. The van der Waals surface area contributed by atoms with E-state index in [1.165, 1.54) is 16.3 Å². The van der Waals surface area contributed by atoms with Crippen LogP contribution in [-0.4, -0.2) is 9.78 Å². The molecule has 0 aliphatic rings. The molecule has 2 aromatic rings. The molecule has 0 amide bonds. The third kappa shape index (κ3) is 3.51. The number of nitrogens with zero attached hydrogens (tertiary/aromatic N) is 2. The van der Waals surface area contributed by atoms with Gasteiger partial charge in [-0.3, -0.25) is 4.79 Å². The molecule has 0 aliphatic carbocycles.